The zero-order valence-electron chi connectivity index (χ0n) is 17.5. The summed E-state index contributed by atoms with van der Waals surface area (Å²) in [6.45, 7) is 2.12. The van der Waals surface area contributed by atoms with Gasteiger partial charge in [0.25, 0.3) is 0 Å². The molecular weight excluding hydrogens is 382 g/mol. The first-order valence-corrected chi connectivity index (χ1v) is 10.8. The summed E-state index contributed by atoms with van der Waals surface area (Å²) >= 11 is 0. The lowest BCUT2D eigenvalue weighted by Crippen LogP contribution is -2.57. The molecule has 2 atom stereocenters. The van der Waals surface area contributed by atoms with Gasteiger partial charge in [0.05, 0.1) is 11.6 Å². The minimum atomic E-state index is -0.275. The van der Waals surface area contributed by atoms with Gasteiger partial charge in [-0.2, -0.15) is 14.5 Å². The molecule has 2 saturated carbocycles. The maximum absolute atomic E-state index is 12.8. The Morgan fingerprint density at radius 2 is 2.10 bits per heavy atom. The van der Waals surface area contributed by atoms with E-state index in [9.17, 15) is 9.90 Å². The summed E-state index contributed by atoms with van der Waals surface area (Å²) in [7, 11) is 1.67. The fraction of sp³-hybridized carbons (Fsp3) is 0.545. The molecule has 2 heterocycles. The zero-order valence-corrected chi connectivity index (χ0v) is 17.5. The van der Waals surface area contributed by atoms with Crippen molar-refractivity contribution < 1.29 is 14.4 Å². The SMILES string of the molecule is Cn1nc(-c2n[nH]c3ccc(OC4(C)CC4)cc23)c[n+](C2CCCC(O)CC2)c1=O. The van der Waals surface area contributed by atoms with Gasteiger partial charge in [0.15, 0.2) is 5.69 Å². The summed E-state index contributed by atoms with van der Waals surface area (Å²) in [5.74, 6) is 0.820. The van der Waals surface area contributed by atoms with Gasteiger partial charge in [-0.1, -0.05) is 9.78 Å². The molecule has 2 fully saturated rings. The Kier molecular flexibility index (Phi) is 4.61. The smallest absolute Gasteiger partial charge is 0.488 e. The summed E-state index contributed by atoms with van der Waals surface area (Å²) in [6.07, 6.45) is 7.75. The van der Waals surface area contributed by atoms with Crippen LogP contribution in [0.2, 0.25) is 0 Å². The molecule has 2 aromatic heterocycles. The first-order chi connectivity index (χ1) is 14.4. The number of aromatic nitrogens is 5. The number of H-pyrrole nitrogens is 1. The van der Waals surface area contributed by atoms with Crippen molar-refractivity contribution in [3.63, 3.8) is 0 Å². The number of hydrogen-bond acceptors (Lipinski definition) is 5. The van der Waals surface area contributed by atoms with Gasteiger partial charge in [-0.15, -0.1) is 0 Å². The first-order valence-electron chi connectivity index (χ1n) is 10.8. The Morgan fingerprint density at radius 1 is 1.27 bits per heavy atom. The van der Waals surface area contributed by atoms with E-state index >= 15 is 0 Å². The molecule has 2 aliphatic carbocycles. The van der Waals surface area contributed by atoms with Gasteiger partial charge < -0.3 is 9.84 Å². The van der Waals surface area contributed by atoms with E-state index in [0.717, 1.165) is 55.2 Å². The molecule has 0 aliphatic heterocycles. The highest BCUT2D eigenvalue weighted by molar-refractivity contribution is 5.92. The van der Waals surface area contributed by atoms with Crippen LogP contribution in [0.4, 0.5) is 0 Å². The maximum Gasteiger partial charge on any atom is 0.518 e. The van der Waals surface area contributed by atoms with E-state index in [2.05, 4.69) is 22.2 Å². The Hall–Kier alpha value is -2.74. The van der Waals surface area contributed by atoms with Gasteiger partial charge in [0.2, 0.25) is 0 Å². The van der Waals surface area contributed by atoms with E-state index in [1.54, 1.807) is 11.6 Å². The van der Waals surface area contributed by atoms with Crippen molar-refractivity contribution in [3.05, 3.63) is 34.9 Å². The molecule has 8 heteroatoms. The van der Waals surface area contributed by atoms with Crippen molar-refractivity contribution in [1.29, 1.82) is 0 Å². The fourth-order valence-electron chi connectivity index (χ4n) is 4.31. The van der Waals surface area contributed by atoms with Crippen molar-refractivity contribution >= 4 is 10.9 Å². The molecule has 2 N–H and O–H groups in total. The van der Waals surface area contributed by atoms with E-state index in [0.29, 0.717) is 17.8 Å². The van der Waals surface area contributed by atoms with Crippen LogP contribution in [0.25, 0.3) is 22.3 Å². The van der Waals surface area contributed by atoms with Crippen molar-refractivity contribution in [3.8, 4) is 17.1 Å². The van der Waals surface area contributed by atoms with E-state index < -0.39 is 0 Å². The molecule has 0 spiro atoms. The standard InChI is InChI=1S/C22H28N5O3/c1-22(10-11-22)30-16-8-9-18-17(12-16)20(24-23-18)19-13-27(21(29)26(2)25-19)14-4-3-5-15(28)7-6-14/h8-9,12-15,28H,3-7,10-11H2,1-2H3,(H,23,24)/q+1. The summed E-state index contributed by atoms with van der Waals surface area (Å²) in [4.78, 5) is 12.8. The third-order valence-corrected chi connectivity index (χ3v) is 6.41. The number of aliphatic hydroxyl groups is 1. The number of benzene rings is 1. The van der Waals surface area contributed by atoms with Crippen molar-refractivity contribution in [2.24, 2.45) is 7.05 Å². The predicted octanol–water partition coefficient (Wildman–Crippen LogP) is 2.41. The van der Waals surface area contributed by atoms with Gasteiger partial charge in [-0.05, 0) is 70.1 Å². The van der Waals surface area contributed by atoms with E-state index in [1.807, 2.05) is 24.4 Å². The quantitative estimate of drug-likeness (QED) is 0.509. The number of aliphatic hydroxyl groups excluding tert-OH is 1. The molecule has 0 radical (unpaired) electrons. The molecule has 2 aliphatic rings. The number of ether oxygens (including phenoxy) is 1. The number of aryl methyl sites for hydroxylation is 1. The summed E-state index contributed by atoms with van der Waals surface area (Å²) in [6, 6.07) is 5.98. The van der Waals surface area contributed by atoms with Gasteiger partial charge in [0.1, 0.15) is 36.3 Å². The van der Waals surface area contributed by atoms with Crippen LogP contribution in [-0.2, 0) is 7.05 Å². The average Bonchev–Trinajstić information content (AvgIpc) is 3.36. The van der Waals surface area contributed by atoms with E-state index in [1.165, 1.54) is 4.68 Å². The minimum absolute atomic E-state index is 0.0560. The van der Waals surface area contributed by atoms with E-state index in [4.69, 9.17) is 4.74 Å². The summed E-state index contributed by atoms with van der Waals surface area (Å²) in [5, 5.41) is 22.9. The van der Waals surface area contributed by atoms with Crippen molar-refractivity contribution in [2.75, 3.05) is 0 Å². The average molecular weight is 410 g/mol. The maximum atomic E-state index is 12.8. The predicted molar refractivity (Wildman–Crippen MR) is 111 cm³/mol. The van der Waals surface area contributed by atoms with Crippen LogP contribution in [0.3, 0.4) is 0 Å². The molecular formula is C22H28N5O3+. The van der Waals surface area contributed by atoms with Crippen LogP contribution in [0, 0.1) is 0 Å². The Morgan fingerprint density at radius 3 is 2.90 bits per heavy atom. The zero-order chi connectivity index (χ0) is 20.9. The monoisotopic (exact) mass is 410 g/mol. The third-order valence-electron chi connectivity index (χ3n) is 6.41. The number of nitrogens with one attached hydrogen (secondary N) is 1. The second kappa shape index (κ2) is 7.19. The highest BCUT2D eigenvalue weighted by Crippen LogP contribution is 2.40. The molecule has 0 bridgehead atoms. The number of fused-ring (bicyclic) bond motifs is 1. The number of rotatable bonds is 4. The molecule has 1 aromatic carbocycles. The lowest BCUT2D eigenvalue weighted by molar-refractivity contribution is -0.742. The number of aromatic amines is 1. The van der Waals surface area contributed by atoms with Crippen LogP contribution >= 0.6 is 0 Å². The van der Waals surface area contributed by atoms with Crippen molar-refractivity contribution in [2.45, 2.75) is 69.6 Å². The van der Waals surface area contributed by atoms with Gasteiger partial charge in [-0.25, -0.2) is 0 Å². The molecule has 8 nitrogen and oxygen atoms in total. The van der Waals surface area contributed by atoms with E-state index in [-0.39, 0.29) is 23.4 Å². The normalized spacial score (nSPS) is 23.3. The summed E-state index contributed by atoms with van der Waals surface area (Å²) < 4.78 is 9.27. The molecule has 0 saturated heterocycles. The molecule has 2 unspecified atom stereocenters. The second-order valence-corrected chi connectivity index (χ2v) is 8.98. The van der Waals surface area contributed by atoms with Crippen LogP contribution in [-0.4, -0.2) is 36.8 Å². The van der Waals surface area contributed by atoms with Gasteiger partial charge in [-0.3, -0.25) is 5.10 Å². The Balaban J connectivity index is 1.55. The lowest BCUT2D eigenvalue weighted by atomic mass is 10.1. The first kappa shape index (κ1) is 19.2. The van der Waals surface area contributed by atoms with Gasteiger partial charge >= 0.3 is 5.69 Å². The van der Waals surface area contributed by atoms with Crippen LogP contribution in [0.1, 0.15) is 57.9 Å². The van der Waals surface area contributed by atoms with Gasteiger partial charge in [0, 0.05) is 5.39 Å². The van der Waals surface area contributed by atoms with Crippen LogP contribution < -0.4 is 15.0 Å². The Bertz CT molecular complexity index is 1150. The fourth-order valence-corrected chi connectivity index (χ4v) is 4.31. The topological polar surface area (TPSA) is 96.9 Å². The Labute approximate surface area is 174 Å². The second-order valence-electron chi connectivity index (χ2n) is 8.98. The molecule has 30 heavy (non-hydrogen) atoms. The highest BCUT2D eigenvalue weighted by atomic mass is 16.5. The third kappa shape index (κ3) is 3.60. The minimum Gasteiger partial charge on any atom is -0.488 e. The number of hydrogen-bond donors (Lipinski definition) is 2. The molecule has 3 aromatic rings. The summed E-state index contributed by atoms with van der Waals surface area (Å²) in [5.41, 5.74) is 2.04. The molecule has 5 rings (SSSR count). The highest BCUT2D eigenvalue weighted by Gasteiger charge is 2.40. The molecule has 0 amide bonds. The molecule has 158 valence electrons. The van der Waals surface area contributed by atoms with Crippen molar-refractivity contribution in [1.82, 2.24) is 20.0 Å². The largest absolute Gasteiger partial charge is 0.518 e. The lowest BCUT2D eigenvalue weighted by Gasteiger charge is -2.13. The van der Waals surface area contributed by atoms with Crippen LogP contribution in [0.5, 0.6) is 5.75 Å². The van der Waals surface area contributed by atoms with Crippen LogP contribution in [0.15, 0.2) is 29.2 Å². The number of nitrogens with zero attached hydrogens (tertiary/aromatic N) is 4.